The molecule has 0 spiro atoms. The fourth-order valence-corrected chi connectivity index (χ4v) is 5.20. The van der Waals surface area contributed by atoms with E-state index in [-0.39, 0.29) is 17.9 Å². The second kappa shape index (κ2) is 10.2. The molecule has 0 radical (unpaired) electrons. The number of hydrogen-bond acceptors (Lipinski definition) is 3. The van der Waals surface area contributed by atoms with E-state index in [1.807, 2.05) is 99.1 Å². The second-order valence-electron chi connectivity index (χ2n) is 10.2. The zero-order chi connectivity index (χ0) is 26.1. The monoisotopic (exact) mass is 494 g/mol. The summed E-state index contributed by atoms with van der Waals surface area (Å²) in [6.45, 7) is 5.97. The van der Waals surface area contributed by atoms with Crippen molar-refractivity contribution in [1.82, 2.24) is 14.9 Å². The van der Waals surface area contributed by atoms with E-state index < -0.39 is 6.04 Å². The Hall–Kier alpha value is -3.93. The molecule has 1 saturated carbocycles. The topological polar surface area (TPSA) is 67.2 Å². The summed E-state index contributed by atoms with van der Waals surface area (Å²) in [5.74, 6) is 0.490. The minimum absolute atomic E-state index is 0.142. The average Bonchev–Trinajstić information content (AvgIpc) is 3.50. The predicted octanol–water partition coefficient (Wildman–Crippen LogP) is 5.95. The average molecular weight is 495 g/mol. The zero-order valence-corrected chi connectivity index (χ0v) is 22.0. The Morgan fingerprint density at radius 1 is 0.919 bits per heavy atom. The fraction of sp³-hybridized carbons (Fsp3) is 0.323. The van der Waals surface area contributed by atoms with Crippen LogP contribution in [0.1, 0.15) is 64.6 Å². The molecule has 37 heavy (non-hydrogen) atoms. The predicted molar refractivity (Wildman–Crippen MR) is 148 cm³/mol. The molecule has 0 bridgehead atoms. The minimum Gasteiger partial charge on any atom is -0.351 e. The molecule has 6 heteroatoms. The molecule has 0 unspecified atom stereocenters. The molecular weight excluding hydrogens is 460 g/mol. The van der Waals surface area contributed by atoms with Crippen molar-refractivity contribution in [3.63, 3.8) is 0 Å². The van der Waals surface area contributed by atoms with Crippen molar-refractivity contribution in [2.24, 2.45) is 7.05 Å². The van der Waals surface area contributed by atoms with Crippen LogP contribution in [0.25, 0.3) is 11.0 Å². The molecule has 1 aliphatic rings. The van der Waals surface area contributed by atoms with E-state index in [2.05, 4.69) is 10.3 Å². The molecule has 190 valence electrons. The number of rotatable bonds is 6. The number of amides is 2. The van der Waals surface area contributed by atoms with Gasteiger partial charge in [-0.25, -0.2) is 4.98 Å². The summed E-state index contributed by atoms with van der Waals surface area (Å²) in [5, 5.41) is 3.25. The molecule has 1 aromatic heterocycles. The van der Waals surface area contributed by atoms with Gasteiger partial charge < -0.3 is 9.88 Å². The number of nitrogens with zero attached hydrogens (tertiary/aromatic N) is 3. The lowest BCUT2D eigenvalue weighted by molar-refractivity contribution is -0.123. The van der Waals surface area contributed by atoms with E-state index in [1.54, 1.807) is 4.90 Å². The number of fused-ring (bicyclic) bond motifs is 1. The summed E-state index contributed by atoms with van der Waals surface area (Å²) >= 11 is 0. The summed E-state index contributed by atoms with van der Waals surface area (Å²) in [6, 6.07) is 20.6. The Kier molecular flexibility index (Phi) is 6.83. The maximum absolute atomic E-state index is 14.3. The van der Waals surface area contributed by atoms with E-state index in [1.165, 1.54) is 0 Å². The molecule has 0 aliphatic heterocycles. The molecule has 2 amide bonds. The molecule has 4 aromatic rings. The number of aromatic nitrogens is 2. The highest BCUT2D eigenvalue weighted by atomic mass is 16.2. The van der Waals surface area contributed by atoms with Crippen LogP contribution in [0, 0.1) is 20.8 Å². The highest BCUT2D eigenvalue weighted by Gasteiger charge is 2.35. The standard InChI is InChI=1S/C31H34N4O2/c1-20-9-13-23(14-10-20)29(30(36)33-25-7-5-6-8-25)35(26-16-11-21(2)12-17-26)31(37)24-15-18-28-27(19-24)32-22(3)34(28)4/h9-19,25,29H,5-8H2,1-4H3,(H,33,36)/t29-/m0/s1. The van der Waals surface area contributed by atoms with E-state index in [0.717, 1.165) is 59.2 Å². The van der Waals surface area contributed by atoms with Crippen LogP contribution in [0.5, 0.6) is 0 Å². The number of hydrogen-bond donors (Lipinski definition) is 1. The summed E-state index contributed by atoms with van der Waals surface area (Å²) in [4.78, 5) is 34.5. The van der Waals surface area contributed by atoms with Gasteiger partial charge in [0.25, 0.3) is 5.91 Å². The van der Waals surface area contributed by atoms with Gasteiger partial charge >= 0.3 is 0 Å². The van der Waals surface area contributed by atoms with Gasteiger partial charge in [0, 0.05) is 24.3 Å². The maximum Gasteiger partial charge on any atom is 0.259 e. The lowest BCUT2D eigenvalue weighted by Gasteiger charge is -2.32. The van der Waals surface area contributed by atoms with Gasteiger partial charge in [0.2, 0.25) is 5.91 Å². The smallest absolute Gasteiger partial charge is 0.259 e. The summed E-state index contributed by atoms with van der Waals surface area (Å²) in [6.07, 6.45) is 4.18. The first kappa shape index (κ1) is 24.8. The normalized spacial score (nSPS) is 14.6. The molecular formula is C31H34N4O2. The van der Waals surface area contributed by atoms with E-state index >= 15 is 0 Å². The van der Waals surface area contributed by atoms with Crippen molar-refractivity contribution < 1.29 is 9.59 Å². The van der Waals surface area contributed by atoms with Crippen LogP contribution in [0.3, 0.4) is 0 Å². The third-order valence-corrected chi connectivity index (χ3v) is 7.48. The SMILES string of the molecule is Cc1ccc([C@@H](C(=O)NC2CCCC2)N(C(=O)c2ccc3c(c2)nc(C)n3C)c2ccc(C)cc2)cc1. The minimum atomic E-state index is -0.808. The van der Waals surface area contributed by atoms with E-state index in [4.69, 9.17) is 0 Å². The van der Waals surface area contributed by atoms with Crippen LogP contribution in [-0.2, 0) is 11.8 Å². The Balaban J connectivity index is 1.62. The molecule has 5 rings (SSSR count). The Morgan fingerprint density at radius 2 is 1.54 bits per heavy atom. The Morgan fingerprint density at radius 3 is 2.19 bits per heavy atom. The molecule has 1 fully saturated rings. The van der Waals surface area contributed by atoms with Crippen LogP contribution in [0.15, 0.2) is 66.7 Å². The molecule has 1 heterocycles. The van der Waals surface area contributed by atoms with Gasteiger partial charge in [-0.05, 0) is 69.5 Å². The zero-order valence-electron chi connectivity index (χ0n) is 22.0. The lowest BCUT2D eigenvalue weighted by atomic mass is 9.99. The van der Waals surface area contributed by atoms with Gasteiger partial charge in [-0.15, -0.1) is 0 Å². The number of nitrogens with one attached hydrogen (secondary N) is 1. The van der Waals surface area contributed by atoms with Crippen molar-refractivity contribution in [2.45, 2.75) is 58.5 Å². The van der Waals surface area contributed by atoms with Crippen LogP contribution in [0.2, 0.25) is 0 Å². The largest absolute Gasteiger partial charge is 0.351 e. The molecule has 6 nitrogen and oxygen atoms in total. The van der Waals surface area contributed by atoms with Gasteiger partial charge in [0.05, 0.1) is 11.0 Å². The third kappa shape index (κ3) is 5.01. The first-order valence-corrected chi connectivity index (χ1v) is 13.0. The van der Waals surface area contributed by atoms with Crippen LogP contribution >= 0.6 is 0 Å². The van der Waals surface area contributed by atoms with Crippen molar-refractivity contribution in [2.75, 3.05) is 4.90 Å². The molecule has 1 N–H and O–H groups in total. The van der Waals surface area contributed by atoms with Gasteiger partial charge in [0.15, 0.2) is 0 Å². The fourth-order valence-electron chi connectivity index (χ4n) is 5.20. The van der Waals surface area contributed by atoms with Crippen molar-refractivity contribution in [3.8, 4) is 0 Å². The first-order chi connectivity index (χ1) is 17.8. The molecule has 3 aromatic carbocycles. The van der Waals surface area contributed by atoms with Gasteiger partial charge in [0.1, 0.15) is 11.9 Å². The Bertz CT molecular complexity index is 1430. The summed E-state index contributed by atoms with van der Waals surface area (Å²) < 4.78 is 2.01. The highest BCUT2D eigenvalue weighted by molar-refractivity contribution is 6.11. The number of imidazole rings is 1. The van der Waals surface area contributed by atoms with Crippen molar-refractivity contribution >= 4 is 28.5 Å². The van der Waals surface area contributed by atoms with Crippen molar-refractivity contribution in [3.05, 3.63) is 94.8 Å². The summed E-state index contributed by atoms with van der Waals surface area (Å²) in [7, 11) is 1.96. The number of carbonyl (C=O) groups is 2. The Labute approximate surface area is 218 Å². The lowest BCUT2D eigenvalue weighted by Crippen LogP contribution is -2.46. The van der Waals surface area contributed by atoms with Gasteiger partial charge in [-0.2, -0.15) is 0 Å². The quantitative estimate of drug-likeness (QED) is 0.360. The number of aryl methyl sites for hydroxylation is 4. The number of benzene rings is 3. The molecule has 0 saturated heterocycles. The van der Waals surface area contributed by atoms with Crippen LogP contribution in [-0.4, -0.2) is 27.4 Å². The van der Waals surface area contributed by atoms with Crippen molar-refractivity contribution in [1.29, 1.82) is 0 Å². The summed E-state index contributed by atoms with van der Waals surface area (Å²) in [5.41, 5.74) is 5.87. The number of carbonyl (C=O) groups excluding carboxylic acids is 2. The second-order valence-corrected chi connectivity index (χ2v) is 10.2. The van der Waals surface area contributed by atoms with Crippen LogP contribution < -0.4 is 10.2 Å². The highest BCUT2D eigenvalue weighted by Crippen LogP contribution is 2.32. The third-order valence-electron chi connectivity index (χ3n) is 7.48. The molecule has 1 aliphatic carbocycles. The van der Waals surface area contributed by atoms with E-state index in [0.29, 0.717) is 11.3 Å². The van der Waals surface area contributed by atoms with Gasteiger partial charge in [-0.1, -0.05) is 60.4 Å². The molecule has 1 atom stereocenters. The van der Waals surface area contributed by atoms with Crippen LogP contribution in [0.4, 0.5) is 5.69 Å². The van der Waals surface area contributed by atoms with E-state index in [9.17, 15) is 9.59 Å². The maximum atomic E-state index is 14.3. The van der Waals surface area contributed by atoms with Gasteiger partial charge in [-0.3, -0.25) is 14.5 Å². The first-order valence-electron chi connectivity index (χ1n) is 13.0. The number of anilines is 1.